The molecule has 21 heavy (non-hydrogen) atoms. The highest BCUT2D eigenvalue weighted by molar-refractivity contribution is 5.28. The molecule has 6 nitrogen and oxygen atoms in total. The summed E-state index contributed by atoms with van der Waals surface area (Å²) in [6, 6.07) is 8.10. The monoisotopic (exact) mass is 289 g/mol. The Morgan fingerprint density at radius 2 is 2.10 bits per heavy atom. The normalized spacial score (nSPS) is 21.6. The fourth-order valence-electron chi connectivity index (χ4n) is 2.50. The maximum atomic E-state index is 5.46. The Bertz CT molecular complexity index is 582. The molecule has 1 aromatic carbocycles. The number of nitrogens with one attached hydrogen (secondary N) is 1. The van der Waals surface area contributed by atoms with Crippen LogP contribution < -0.4 is 10.1 Å². The van der Waals surface area contributed by atoms with Gasteiger partial charge >= 0.3 is 0 Å². The molecular weight excluding hydrogens is 270 g/mol. The molecule has 2 atom stereocenters. The van der Waals surface area contributed by atoms with Crippen molar-refractivity contribution in [1.82, 2.24) is 15.5 Å². The first-order chi connectivity index (χ1) is 10.3. The second-order valence-electron chi connectivity index (χ2n) is 5.11. The zero-order chi connectivity index (χ0) is 14.7. The van der Waals surface area contributed by atoms with Gasteiger partial charge in [0.05, 0.1) is 26.2 Å². The summed E-state index contributed by atoms with van der Waals surface area (Å²) in [5, 5.41) is 7.28. The quantitative estimate of drug-likeness (QED) is 0.896. The minimum absolute atomic E-state index is 0.132. The van der Waals surface area contributed by atoms with Gasteiger partial charge in [-0.15, -0.1) is 0 Å². The fourth-order valence-corrected chi connectivity index (χ4v) is 2.50. The average Bonchev–Trinajstić information content (AvgIpc) is 3.16. The van der Waals surface area contributed by atoms with Gasteiger partial charge in [0.15, 0.2) is 5.82 Å². The van der Waals surface area contributed by atoms with E-state index in [1.54, 1.807) is 7.11 Å². The van der Waals surface area contributed by atoms with E-state index in [-0.39, 0.29) is 12.0 Å². The van der Waals surface area contributed by atoms with E-state index >= 15 is 0 Å². The van der Waals surface area contributed by atoms with Crippen LogP contribution in [0, 0.1) is 0 Å². The van der Waals surface area contributed by atoms with E-state index in [1.165, 1.54) is 0 Å². The van der Waals surface area contributed by atoms with Crippen molar-refractivity contribution in [3.05, 3.63) is 41.5 Å². The molecule has 1 N–H and O–H groups in total. The highest BCUT2D eigenvalue weighted by atomic mass is 16.5. The summed E-state index contributed by atoms with van der Waals surface area (Å²) in [6.45, 7) is 1.30. The topological polar surface area (TPSA) is 69.4 Å². The van der Waals surface area contributed by atoms with Gasteiger partial charge in [0.2, 0.25) is 5.89 Å². The Morgan fingerprint density at radius 3 is 2.81 bits per heavy atom. The third-order valence-electron chi connectivity index (χ3n) is 3.77. The molecule has 2 heterocycles. The molecule has 0 saturated carbocycles. The summed E-state index contributed by atoms with van der Waals surface area (Å²) in [5.74, 6) is 2.31. The summed E-state index contributed by atoms with van der Waals surface area (Å²) in [7, 11) is 3.57. The highest BCUT2D eigenvalue weighted by Gasteiger charge is 2.32. The number of hydrogen-bond acceptors (Lipinski definition) is 6. The van der Waals surface area contributed by atoms with Crippen LogP contribution in [0.5, 0.6) is 5.75 Å². The van der Waals surface area contributed by atoms with Gasteiger partial charge in [-0.05, 0) is 24.7 Å². The Morgan fingerprint density at radius 1 is 1.29 bits per heavy atom. The van der Waals surface area contributed by atoms with Gasteiger partial charge in [-0.25, -0.2) is 0 Å². The molecule has 1 aliphatic heterocycles. The number of methoxy groups -OCH3 is 1. The maximum Gasteiger partial charge on any atom is 0.233 e. The molecule has 0 aliphatic carbocycles. The van der Waals surface area contributed by atoms with Crippen LogP contribution in [0.2, 0.25) is 0 Å². The molecule has 6 heteroatoms. The minimum Gasteiger partial charge on any atom is -0.497 e. The largest absolute Gasteiger partial charge is 0.497 e. The van der Waals surface area contributed by atoms with E-state index in [2.05, 4.69) is 15.5 Å². The number of hydrogen-bond donors (Lipinski definition) is 1. The molecule has 112 valence electrons. The first-order valence-corrected chi connectivity index (χ1v) is 7.00. The zero-order valence-electron chi connectivity index (χ0n) is 12.2. The van der Waals surface area contributed by atoms with Crippen LogP contribution in [-0.4, -0.2) is 43.6 Å². The van der Waals surface area contributed by atoms with E-state index in [9.17, 15) is 0 Å². The van der Waals surface area contributed by atoms with Gasteiger partial charge in [0, 0.05) is 12.5 Å². The number of benzene rings is 1. The second kappa shape index (κ2) is 6.24. The van der Waals surface area contributed by atoms with Crippen molar-refractivity contribution in [1.29, 1.82) is 0 Å². The standard InChI is InChI=1S/C15H19N3O3/c1-16-13-9-20-8-12(13)15-17-14(18-21-15)7-10-3-5-11(19-2)6-4-10/h3-6,12-13,16H,7-9H2,1-2H3. The van der Waals surface area contributed by atoms with E-state index in [0.717, 1.165) is 11.3 Å². The van der Waals surface area contributed by atoms with Crippen LogP contribution in [0.25, 0.3) is 0 Å². The van der Waals surface area contributed by atoms with E-state index in [4.69, 9.17) is 14.0 Å². The number of nitrogens with zero attached hydrogens (tertiary/aromatic N) is 2. The number of rotatable bonds is 5. The molecule has 1 fully saturated rings. The van der Waals surface area contributed by atoms with Crippen molar-refractivity contribution in [2.75, 3.05) is 27.4 Å². The van der Waals surface area contributed by atoms with Crippen molar-refractivity contribution in [2.24, 2.45) is 0 Å². The number of likely N-dealkylation sites (N-methyl/N-ethyl adjacent to an activating group) is 1. The van der Waals surface area contributed by atoms with Crippen molar-refractivity contribution in [3.63, 3.8) is 0 Å². The smallest absolute Gasteiger partial charge is 0.233 e. The van der Waals surface area contributed by atoms with E-state index in [1.807, 2.05) is 31.3 Å². The lowest BCUT2D eigenvalue weighted by Gasteiger charge is -2.11. The van der Waals surface area contributed by atoms with Crippen LogP contribution in [0.1, 0.15) is 23.2 Å². The molecule has 0 radical (unpaired) electrons. The third kappa shape index (κ3) is 3.06. The summed E-state index contributed by atoms with van der Waals surface area (Å²) < 4.78 is 16.0. The van der Waals surface area contributed by atoms with Gasteiger partial charge < -0.3 is 19.3 Å². The lowest BCUT2D eigenvalue weighted by atomic mass is 10.0. The lowest BCUT2D eigenvalue weighted by molar-refractivity contribution is 0.185. The van der Waals surface area contributed by atoms with Crippen molar-refractivity contribution in [2.45, 2.75) is 18.4 Å². The van der Waals surface area contributed by atoms with Crippen molar-refractivity contribution >= 4 is 0 Å². The lowest BCUT2D eigenvalue weighted by Crippen LogP contribution is -2.31. The first-order valence-electron chi connectivity index (χ1n) is 7.00. The average molecular weight is 289 g/mol. The van der Waals surface area contributed by atoms with Crippen LogP contribution in [0.4, 0.5) is 0 Å². The summed E-state index contributed by atoms with van der Waals surface area (Å²) >= 11 is 0. The summed E-state index contributed by atoms with van der Waals surface area (Å²) in [6.07, 6.45) is 0.644. The van der Waals surface area contributed by atoms with Crippen LogP contribution in [0.3, 0.4) is 0 Å². The molecule has 1 saturated heterocycles. The molecular formula is C15H19N3O3. The molecule has 2 unspecified atom stereocenters. The van der Waals surface area contributed by atoms with Crippen LogP contribution in [0.15, 0.2) is 28.8 Å². The van der Waals surface area contributed by atoms with E-state index in [0.29, 0.717) is 31.3 Å². The van der Waals surface area contributed by atoms with Gasteiger partial charge in [-0.3, -0.25) is 0 Å². The Labute approximate surface area is 123 Å². The van der Waals surface area contributed by atoms with Gasteiger partial charge in [-0.2, -0.15) is 4.98 Å². The predicted octanol–water partition coefficient (Wildman–Crippen LogP) is 1.37. The molecule has 0 bridgehead atoms. The third-order valence-corrected chi connectivity index (χ3v) is 3.77. The molecule has 0 amide bonds. The fraction of sp³-hybridized carbons (Fsp3) is 0.467. The molecule has 1 aliphatic rings. The number of ether oxygens (including phenoxy) is 2. The molecule has 0 spiro atoms. The molecule has 1 aromatic heterocycles. The van der Waals surface area contributed by atoms with Crippen molar-refractivity contribution in [3.8, 4) is 5.75 Å². The highest BCUT2D eigenvalue weighted by Crippen LogP contribution is 2.24. The predicted molar refractivity (Wildman–Crippen MR) is 76.5 cm³/mol. The second-order valence-corrected chi connectivity index (χ2v) is 5.11. The number of aromatic nitrogens is 2. The first kappa shape index (κ1) is 14.0. The zero-order valence-corrected chi connectivity index (χ0v) is 12.2. The molecule has 2 aromatic rings. The van der Waals surface area contributed by atoms with Gasteiger partial charge in [0.25, 0.3) is 0 Å². The summed E-state index contributed by atoms with van der Waals surface area (Å²) in [5.41, 5.74) is 1.12. The Hall–Kier alpha value is -1.92. The Kier molecular flexibility index (Phi) is 4.17. The van der Waals surface area contributed by atoms with E-state index < -0.39 is 0 Å². The maximum absolute atomic E-state index is 5.46. The van der Waals surface area contributed by atoms with Gasteiger partial charge in [0.1, 0.15) is 5.75 Å². The SMILES string of the molecule is CNC1COCC1c1nc(Cc2ccc(OC)cc2)no1. The Balaban J connectivity index is 1.69. The summed E-state index contributed by atoms with van der Waals surface area (Å²) in [4.78, 5) is 4.50. The van der Waals surface area contributed by atoms with Gasteiger partial charge in [-0.1, -0.05) is 17.3 Å². The molecule has 3 rings (SSSR count). The van der Waals surface area contributed by atoms with Crippen molar-refractivity contribution < 1.29 is 14.0 Å². The minimum atomic E-state index is 0.132. The van der Waals surface area contributed by atoms with Crippen LogP contribution in [-0.2, 0) is 11.2 Å². The van der Waals surface area contributed by atoms with Crippen LogP contribution >= 0.6 is 0 Å².